The lowest BCUT2D eigenvalue weighted by atomic mass is 9.98. The zero-order valence-electron chi connectivity index (χ0n) is 22.0. The molecule has 1 N–H and O–H groups in total. The first kappa shape index (κ1) is 28.8. The van der Waals surface area contributed by atoms with Crippen molar-refractivity contribution in [1.82, 2.24) is 0 Å². The van der Waals surface area contributed by atoms with E-state index in [9.17, 15) is 9.90 Å². The number of methoxy groups -OCH3 is 2. The van der Waals surface area contributed by atoms with Crippen LogP contribution < -0.4 is 4.90 Å². The molecule has 0 heterocycles. The topological polar surface area (TPSA) is 77.5 Å². The number of ether oxygens (including phenoxy) is 2. The van der Waals surface area contributed by atoms with Crippen molar-refractivity contribution in [2.45, 2.75) is 71.1 Å². The minimum absolute atomic E-state index is 0.153. The number of aromatic hydroxyl groups is 1. The maximum atomic E-state index is 13.3. The van der Waals surface area contributed by atoms with Gasteiger partial charge in [-0.15, -0.1) is 0 Å². The number of anilines is 1. The highest BCUT2D eigenvalue weighted by Crippen LogP contribution is 2.36. The summed E-state index contributed by atoms with van der Waals surface area (Å²) in [6.45, 7) is 9.41. The fourth-order valence-corrected chi connectivity index (χ4v) is 4.32. The highest BCUT2D eigenvalue weighted by molar-refractivity contribution is 6.76. The lowest BCUT2D eigenvalue weighted by molar-refractivity contribution is -0.232. The molecule has 0 radical (unpaired) electrons. The number of aryl methyl sites for hydroxylation is 1. The minimum atomic E-state index is -1.33. The summed E-state index contributed by atoms with van der Waals surface area (Å²) in [6.07, 6.45) is 1.75. The van der Waals surface area contributed by atoms with Gasteiger partial charge in [0.1, 0.15) is 5.75 Å². The van der Waals surface area contributed by atoms with Crippen LogP contribution in [0.1, 0.15) is 36.5 Å². The smallest absolute Gasteiger partial charge is 0.446 e. The summed E-state index contributed by atoms with van der Waals surface area (Å²) in [5.74, 6) is 0.153. The Morgan fingerprint density at radius 2 is 1.74 bits per heavy atom. The predicted molar refractivity (Wildman–Crippen MR) is 141 cm³/mol. The Bertz CT molecular complexity index is 912. The summed E-state index contributed by atoms with van der Waals surface area (Å²) in [7, 11) is 1.77. The van der Waals surface area contributed by atoms with Crippen molar-refractivity contribution in [2.24, 2.45) is 0 Å². The van der Waals surface area contributed by atoms with Crippen molar-refractivity contribution in [2.75, 3.05) is 25.7 Å². The summed E-state index contributed by atoms with van der Waals surface area (Å²) in [6, 6.07) is 14.2. The molecule has 2 rings (SSSR count). The van der Waals surface area contributed by atoms with Gasteiger partial charge in [0.25, 0.3) is 0 Å². The zero-order chi connectivity index (χ0) is 25.8. The second kappa shape index (κ2) is 14.2. The highest BCUT2D eigenvalue weighted by atomic mass is 28.3. The number of rotatable bonds is 14. The second-order valence-corrected chi connectivity index (χ2v) is 15.5. The minimum Gasteiger partial charge on any atom is -0.507 e. The van der Waals surface area contributed by atoms with Gasteiger partial charge in [0.15, 0.2) is 6.29 Å². The Hall–Kier alpha value is -2.39. The summed E-state index contributed by atoms with van der Waals surface area (Å²) in [5, 5.41) is 11.2. The van der Waals surface area contributed by atoms with Crippen LogP contribution in [0, 0.1) is 0 Å². The van der Waals surface area contributed by atoms with E-state index in [1.807, 2.05) is 42.5 Å². The molecule has 7 nitrogen and oxygen atoms in total. The number of amides is 1. The van der Waals surface area contributed by atoms with Gasteiger partial charge < -0.3 is 14.6 Å². The number of benzene rings is 2. The van der Waals surface area contributed by atoms with Crippen molar-refractivity contribution in [3.63, 3.8) is 0 Å². The van der Waals surface area contributed by atoms with Crippen LogP contribution in [0.15, 0.2) is 42.5 Å². The van der Waals surface area contributed by atoms with E-state index in [1.165, 1.54) is 4.90 Å². The normalized spacial score (nSPS) is 11.6. The fourth-order valence-electron chi connectivity index (χ4n) is 3.63. The number of phenolic OH excluding ortho intramolecular Hbond substituents is 1. The average Bonchev–Trinajstić information content (AvgIpc) is 2.83. The second-order valence-electron chi connectivity index (χ2n) is 9.83. The van der Waals surface area contributed by atoms with E-state index in [4.69, 9.17) is 19.2 Å². The Morgan fingerprint density at radius 1 is 1.06 bits per heavy atom. The molecule has 194 valence electrons. The van der Waals surface area contributed by atoms with E-state index in [0.717, 1.165) is 36.4 Å². The number of unbranched alkanes of at least 4 members (excludes halogenated alkanes) is 1. The molecule has 2 aromatic rings. The summed E-state index contributed by atoms with van der Waals surface area (Å²) < 4.78 is 10.8. The molecular weight excluding hydrogens is 462 g/mol. The molecule has 0 aliphatic carbocycles. The number of nitrogens with zero attached hydrogens (tertiary/aromatic N) is 1. The van der Waals surface area contributed by atoms with Crippen LogP contribution in [-0.4, -0.2) is 46.4 Å². The van der Waals surface area contributed by atoms with Crippen molar-refractivity contribution in [1.29, 1.82) is 0 Å². The van der Waals surface area contributed by atoms with E-state index in [1.54, 1.807) is 14.2 Å². The lowest BCUT2D eigenvalue weighted by Crippen LogP contribution is -2.33. The third kappa shape index (κ3) is 9.29. The van der Waals surface area contributed by atoms with Crippen LogP contribution in [0.5, 0.6) is 5.75 Å². The van der Waals surface area contributed by atoms with Crippen LogP contribution in [0.2, 0.25) is 25.7 Å². The molecule has 35 heavy (non-hydrogen) atoms. The van der Waals surface area contributed by atoms with Crippen LogP contribution in [-0.2, 0) is 38.6 Å². The Labute approximate surface area is 210 Å². The number of carbonyl (C=O) groups is 1. The summed E-state index contributed by atoms with van der Waals surface area (Å²) in [4.78, 5) is 25.3. The molecule has 2 aromatic carbocycles. The van der Waals surface area contributed by atoms with Gasteiger partial charge >= 0.3 is 6.09 Å². The molecule has 0 aromatic heterocycles. The molecule has 0 saturated heterocycles. The molecule has 0 saturated carbocycles. The third-order valence-corrected chi connectivity index (χ3v) is 7.50. The molecule has 8 heteroatoms. The van der Waals surface area contributed by atoms with Crippen molar-refractivity contribution in [3.05, 3.63) is 59.2 Å². The first-order chi connectivity index (χ1) is 16.7. The maximum absolute atomic E-state index is 13.3. The van der Waals surface area contributed by atoms with E-state index in [0.29, 0.717) is 17.9 Å². The van der Waals surface area contributed by atoms with Crippen molar-refractivity contribution < 1.29 is 29.1 Å². The van der Waals surface area contributed by atoms with Crippen molar-refractivity contribution >= 4 is 19.9 Å². The number of hydrogen-bond donors (Lipinski definition) is 1. The lowest BCUT2D eigenvalue weighted by Gasteiger charge is -2.27. The van der Waals surface area contributed by atoms with Crippen LogP contribution in [0.4, 0.5) is 10.5 Å². The van der Waals surface area contributed by atoms with Gasteiger partial charge in [-0.05, 0) is 36.1 Å². The highest BCUT2D eigenvalue weighted by Gasteiger charge is 2.26. The molecule has 0 atom stereocenters. The van der Waals surface area contributed by atoms with E-state index in [-0.39, 0.29) is 18.7 Å². The van der Waals surface area contributed by atoms with Gasteiger partial charge in [0.05, 0.1) is 18.8 Å². The van der Waals surface area contributed by atoms with E-state index < -0.39 is 20.5 Å². The monoisotopic (exact) mass is 503 g/mol. The number of phenols is 1. The van der Waals surface area contributed by atoms with Gasteiger partial charge in [-0.25, -0.2) is 4.79 Å². The Kier molecular flexibility index (Phi) is 11.7. The summed E-state index contributed by atoms with van der Waals surface area (Å²) in [5.41, 5.74) is 2.85. The largest absolute Gasteiger partial charge is 0.507 e. The fraction of sp³-hybridized carbons (Fsp3) is 0.519. The average molecular weight is 504 g/mol. The molecular formula is C27H41NO6Si. The predicted octanol–water partition coefficient (Wildman–Crippen LogP) is 6.31. The molecule has 0 aliphatic heterocycles. The standard InChI is InChI=1S/C27H41NO6Si/c1-7-8-14-22-15-16-24(23(26(22)29)19-25(31-2)32-3)28(20-21-12-10-9-11-13-21)27(30)34-33-17-18-35(4,5)6/h9-13,15-16,25,29H,7-8,14,17-20H2,1-6H3. The van der Waals surface area contributed by atoms with Gasteiger partial charge in [-0.1, -0.05) is 69.4 Å². The van der Waals surface area contributed by atoms with E-state index in [2.05, 4.69) is 26.6 Å². The SMILES string of the molecule is CCCCc1ccc(N(Cc2ccccc2)C(=O)OOCC[Si](C)(C)C)c(CC(OC)OC)c1O. The Morgan fingerprint density at radius 3 is 2.34 bits per heavy atom. The van der Waals surface area contributed by atoms with Gasteiger partial charge in [-0.2, -0.15) is 4.89 Å². The van der Waals surface area contributed by atoms with Crippen LogP contribution >= 0.6 is 0 Å². The maximum Gasteiger partial charge on any atom is 0.446 e. The molecule has 0 fully saturated rings. The molecule has 0 aliphatic rings. The molecule has 0 spiro atoms. The van der Waals surface area contributed by atoms with Crippen LogP contribution in [0.3, 0.4) is 0 Å². The number of carbonyl (C=O) groups excluding carboxylic acids is 1. The quantitative estimate of drug-likeness (QED) is 0.107. The molecule has 0 unspecified atom stereocenters. The molecule has 1 amide bonds. The Balaban J connectivity index is 2.43. The first-order valence-electron chi connectivity index (χ1n) is 12.2. The van der Waals surface area contributed by atoms with Crippen LogP contribution in [0.25, 0.3) is 0 Å². The number of hydrogen-bond acceptors (Lipinski definition) is 6. The third-order valence-electron chi connectivity index (χ3n) is 5.80. The zero-order valence-corrected chi connectivity index (χ0v) is 23.0. The molecule has 0 bridgehead atoms. The first-order valence-corrected chi connectivity index (χ1v) is 15.9. The van der Waals surface area contributed by atoms with E-state index >= 15 is 0 Å². The van der Waals surface area contributed by atoms with Crippen molar-refractivity contribution in [3.8, 4) is 5.75 Å². The van der Waals surface area contributed by atoms with Gasteiger partial charge in [0.2, 0.25) is 0 Å². The summed E-state index contributed by atoms with van der Waals surface area (Å²) >= 11 is 0. The van der Waals surface area contributed by atoms with Gasteiger partial charge in [-0.3, -0.25) is 9.79 Å². The van der Waals surface area contributed by atoms with Gasteiger partial charge in [0, 0.05) is 34.3 Å².